The molecule has 0 fully saturated rings. The molecule has 2 aliphatic heterocycles. The average Bonchev–Trinajstić information content (AvgIpc) is 3.25. The molecule has 36 heavy (non-hydrogen) atoms. The van der Waals surface area contributed by atoms with Gasteiger partial charge in [0.15, 0.2) is 17.3 Å². The largest absolute Gasteiger partial charge is 0.493 e. The molecule has 11 heteroatoms. The monoisotopic (exact) mass is 515 g/mol. The van der Waals surface area contributed by atoms with Gasteiger partial charge in [-0.1, -0.05) is 0 Å². The fraction of sp³-hybridized carbons (Fsp3) is 0.240. The number of ether oxygens (including phenoxy) is 3. The Labute approximate surface area is 207 Å². The maximum atomic E-state index is 15.3. The highest BCUT2D eigenvalue weighted by Gasteiger charge is 2.41. The van der Waals surface area contributed by atoms with E-state index in [2.05, 4.69) is 5.32 Å². The maximum Gasteiger partial charge on any atom is 0.346 e. The van der Waals surface area contributed by atoms with Gasteiger partial charge < -0.3 is 24.6 Å². The Kier molecular flexibility index (Phi) is 6.09. The highest BCUT2D eigenvalue weighted by molar-refractivity contribution is 7.13. The predicted molar refractivity (Wildman–Crippen MR) is 124 cm³/mol. The smallest absolute Gasteiger partial charge is 0.346 e. The molecule has 0 aliphatic carbocycles. The number of benzene rings is 2. The lowest BCUT2D eigenvalue weighted by Crippen LogP contribution is -2.34. The van der Waals surface area contributed by atoms with Crippen molar-refractivity contribution in [2.24, 2.45) is 0 Å². The molecular weight excluding hydrogens is 496 g/mol. The Hall–Kier alpha value is -3.99. The summed E-state index contributed by atoms with van der Waals surface area (Å²) < 4.78 is 46.8. The van der Waals surface area contributed by atoms with Crippen LogP contribution in [0.3, 0.4) is 0 Å². The number of rotatable bonds is 2. The van der Waals surface area contributed by atoms with E-state index in [1.165, 1.54) is 23.6 Å². The van der Waals surface area contributed by atoms with Crippen molar-refractivity contribution in [3.8, 4) is 17.2 Å². The Morgan fingerprint density at radius 3 is 2.53 bits per heavy atom. The molecule has 1 amide bonds. The van der Waals surface area contributed by atoms with E-state index < -0.39 is 35.2 Å². The molecule has 2 N–H and O–H groups in total. The molecule has 0 spiro atoms. The number of ketones is 1. The number of amides is 1. The Morgan fingerprint density at radius 2 is 1.78 bits per heavy atom. The van der Waals surface area contributed by atoms with E-state index in [1.54, 1.807) is 6.92 Å². The second-order valence-corrected chi connectivity index (χ2v) is 9.13. The van der Waals surface area contributed by atoms with Crippen molar-refractivity contribution in [1.29, 1.82) is 0 Å². The minimum atomic E-state index is -1.63. The molecule has 1 unspecified atom stereocenters. The SMILES string of the molecule is Cc1c(F)ccc2c1COc1cc(C3C(=O)Nc4csc(C(=O)O)c4C3=O)c(F)cc1OCCCO2. The number of thiophene rings is 1. The molecule has 1 atom stereocenters. The van der Waals surface area contributed by atoms with Crippen molar-refractivity contribution >= 4 is 34.7 Å². The normalized spacial score (nSPS) is 17.2. The summed E-state index contributed by atoms with van der Waals surface area (Å²) in [5.41, 5.74) is 0.379. The van der Waals surface area contributed by atoms with Gasteiger partial charge in [-0.05, 0) is 30.7 Å². The molecule has 0 saturated carbocycles. The van der Waals surface area contributed by atoms with Gasteiger partial charge in [0.25, 0.3) is 0 Å². The van der Waals surface area contributed by atoms with Gasteiger partial charge in [-0.25, -0.2) is 13.6 Å². The number of Topliss-reactive ketones (excluding diaryl/α,β-unsaturated/α-hetero) is 1. The minimum Gasteiger partial charge on any atom is -0.493 e. The first kappa shape index (κ1) is 23.7. The summed E-state index contributed by atoms with van der Waals surface area (Å²) in [6.45, 7) is 1.87. The lowest BCUT2D eigenvalue weighted by atomic mass is 9.86. The summed E-state index contributed by atoms with van der Waals surface area (Å²) in [4.78, 5) is 37.4. The summed E-state index contributed by atoms with van der Waals surface area (Å²) in [7, 11) is 0. The number of hydrogen-bond acceptors (Lipinski definition) is 7. The number of nitrogens with one attached hydrogen (secondary N) is 1. The third-order valence-electron chi connectivity index (χ3n) is 6.05. The molecule has 2 aliphatic rings. The summed E-state index contributed by atoms with van der Waals surface area (Å²) in [6.07, 6.45) is 0.446. The topological polar surface area (TPSA) is 111 Å². The zero-order valence-electron chi connectivity index (χ0n) is 18.9. The predicted octanol–water partition coefficient (Wildman–Crippen LogP) is 4.69. The van der Waals surface area contributed by atoms with E-state index in [4.69, 9.17) is 14.2 Å². The van der Waals surface area contributed by atoms with Crippen molar-refractivity contribution in [2.75, 3.05) is 18.5 Å². The van der Waals surface area contributed by atoms with Gasteiger partial charge in [-0.2, -0.15) is 0 Å². The molecule has 3 aromatic rings. The number of hydrogen-bond donors (Lipinski definition) is 2. The van der Waals surface area contributed by atoms with E-state index >= 15 is 4.39 Å². The van der Waals surface area contributed by atoms with E-state index in [9.17, 15) is 23.9 Å². The molecule has 0 saturated heterocycles. The fourth-order valence-corrected chi connectivity index (χ4v) is 5.03. The van der Waals surface area contributed by atoms with Crippen molar-refractivity contribution in [3.63, 3.8) is 0 Å². The molecule has 5 rings (SSSR count). The summed E-state index contributed by atoms with van der Waals surface area (Å²) in [5.74, 6) is -5.41. The van der Waals surface area contributed by atoms with Crippen LogP contribution < -0.4 is 19.5 Å². The average molecular weight is 515 g/mol. The third kappa shape index (κ3) is 4.05. The second kappa shape index (κ2) is 9.23. The summed E-state index contributed by atoms with van der Waals surface area (Å²) in [5, 5.41) is 13.3. The van der Waals surface area contributed by atoms with Gasteiger partial charge in [-0.3, -0.25) is 9.59 Å². The van der Waals surface area contributed by atoms with Crippen molar-refractivity contribution in [3.05, 3.63) is 68.4 Å². The van der Waals surface area contributed by atoms with Crippen LogP contribution in [-0.4, -0.2) is 36.0 Å². The Bertz CT molecular complexity index is 1420. The van der Waals surface area contributed by atoms with E-state index in [-0.39, 0.29) is 53.0 Å². The van der Waals surface area contributed by atoms with Crippen LogP contribution >= 0.6 is 11.3 Å². The fourth-order valence-electron chi connectivity index (χ4n) is 4.19. The molecule has 0 radical (unpaired) electrons. The number of carboxylic acid groups (broad SMARTS) is 1. The van der Waals surface area contributed by atoms with Crippen molar-refractivity contribution < 1.29 is 42.5 Å². The first-order valence-corrected chi connectivity index (χ1v) is 11.8. The van der Waals surface area contributed by atoms with Gasteiger partial charge in [0.1, 0.15) is 34.8 Å². The third-order valence-corrected chi connectivity index (χ3v) is 7.02. The van der Waals surface area contributed by atoms with E-state index in [0.717, 1.165) is 17.4 Å². The summed E-state index contributed by atoms with van der Waals surface area (Å²) in [6, 6.07) is 5.01. The van der Waals surface area contributed by atoms with Gasteiger partial charge in [0.2, 0.25) is 5.91 Å². The molecule has 3 heterocycles. The summed E-state index contributed by atoms with van der Waals surface area (Å²) >= 11 is 0.795. The first-order chi connectivity index (χ1) is 17.3. The number of anilines is 1. The minimum absolute atomic E-state index is 0.0399. The van der Waals surface area contributed by atoms with Crippen LogP contribution in [0.4, 0.5) is 14.5 Å². The molecule has 0 bridgehead atoms. The zero-order chi connectivity index (χ0) is 25.6. The van der Waals surface area contributed by atoms with Gasteiger partial charge in [0, 0.05) is 29.0 Å². The van der Waals surface area contributed by atoms with Crippen LogP contribution in [0, 0.1) is 18.6 Å². The lowest BCUT2D eigenvalue weighted by molar-refractivity contribution is -0.116. The number of carbonyl (C=O) groups is 3. The molecule has 186 valence electrons. The van der Waals surface area contributed by atoms with Crippen LogP contribution in [0.5, 0.6) is 17.2 Å². The van der Waals surface area contributed by atoms with E-state index in [0.29, 0.717) is 23.3 Å². The number of fused-ring (bicyclic) bond motifs is 3. The van der Waals surface area contributed by atoms with E-state index in [1.807, 2.05) is 0 Å². The van der Waals surface area contributed by atoms with Gasteiger partial charge >= 0.3 is 5.97 Å². The number of halogens is 2. The highest BCUT2D eigenvalue weighted by Crippen LogP contribution is 2.41. The standard InChI is InChI=1S/C25H19F2NO7S/c1-11-13-9-35-18-7-12(20-22(29)21-16(28-24(20)30)10-36-23(21)25(31)32)15(27)8-19(18)34-6-2-5-33-17(13)4-3-14(11)26/h3-4,7-8,10,20H,2,5-6,9H2,1H3,(H,28,30)(H,31,32). The van der Waals surface area contributed by atoms with Crippen LogP contribution in [0.1, 0.15) is 49.1 Å². The zero-order valence-corrected chi connectivity index (χ0v) is 19.7. The number of carbonyl (C=O) groups excluding carboxylic acids is 2. The molecule has 8 nitrogen and oxygen atoms in total. The number of aromatic carboxylic acids is 1. The molecule has 1 aromatic heterocycles. The number of carboxylic acids is 1. The maximum absolute atomic E-state index is 15.3. The first-order valence-electron chi connectivity index (χ1n) is 11.0. The van der Waals surface area contributed by atoms with Gasteiger partial charge in [-0.15, -0.1) is 11.3 Å². The van der Waals surface area contributed by atoms with Crippen molar-refractivity contribution in [1.82, 2.24) is 0 Å². The van der Waals surface area contributed by atoms with Crippen LogP contribution in [-0.2, 0) is 11.4 Å². The molecule has 2 aromatic carbocycles. The van der Waals surface area contributed by atoms with Crippen LogP contribution in [0.2, 0.25) is 0 Å². The highest BCUT2D eigenvalue weighted by atomic mass is 32.1. The Balaban J connectivity index is 1.56. The second-order valence-electron chi connectivity index (χ2n) is 8.25. The quantitative estimate of drug-likeness (QED) is 0.476. The van der Waals surface area contributed by atoms with Crippen LogP contribution in [0.15, 0.2) is 29.6 Å². The van der Waals surface area contributed by atoms with Crippen molar-refractivity contribution in [2.45, 2.75) is 25.9 Å². The van der Waals surface area contributed by atoms with Gasteiger partial charge in [0.05, 0.1) is 24.5 Å². The lowest BCUT2D eigenvalue weighted by Gasteiger charge is -2.23. The Morgan fingerprint density at radius 1 is 1.06 bits per heavy atom. The molecular formula is C25H19F2NO7S. The van der Waals surface area contributed by atoms with Crippen LogP contribution in [0.25, 0.3) is 0 Å².